The molecule has 1 aromatic carbocycles. The van der Waals surface area contributed by atoms with Crippen molar-refractivity contribution in [3.05, 3.63) is 29.0 Å². The summed E-state index contributed by atoms with van der Waals surface area (Å²) in [6.45, 7) is -0.532. The number of rotatable bonds is 4. The van der Waals surface area contributed by atoms with Gasteiger partial charge in [0.25, 0.3) is 0 Å². The van der Waals surface area contributed by atoms with E-state index in [1.54, 1.807) is 0 Å². The van der Waals surface area contributed by atoms with Crippen LogP contribution in [0.5, 0.6) is 0 Å². The minimum Gasteiger partial charge on any atom is -0.395 e. The Balaban J connectivity index is 3.10. The Bertz CT molecular complexity index is 449. The van der Waals surface area contributed by atoms with E-state index in [2.05, 4.69) is 0 Å². The van der Waals surface area contributed by atoms with Gasteiger partial charge in [0.15, 0.2) is 5.82 Å². The van der Waals surface area contributed by atoms with Crippen molar-refractivity contribution in [2.45, 2.75) is 4.90 Å². The molecule has 0 radical (unpaired) electrons. The van der Waals surface area contributed by atoms with Gasteiger partial charge in [-0.25, -0.2) is 17.5 Å². The minimum absolute atomic E-state index is 0.172. The number of hydrogen-bond acceptors (Lipinski definition) is 3. The molecule has 0 aliphatic rings. The van der Waals surface area contributed by atoms with Gasteiger partial charge in [-0.3, -0.25) is 0 Å². The summed E-state index contributed by atoms with van der Waals surface area (Å²) in [4.78, 5) is -0.525. The zero-order valence-electron chi connectivity index (χ0n) is 7.57. The summed E-state index contributed by atoms with van der Waals surface area (Å²) < 4.78 is 38.2. The molecule has 0 unspecified atom stereocenters. The van der Waals surface area contributed by atoms with Crippen LogP contribution in [0.2, 0.25) is 5.02 Å². The number of aliphatic hydroxyl groups is 1. The SMILES string of the molecule is O=S(=O)(NCCO)c1cccc(Cl)c1F. The molecule has 1 rings (SSSR count). The van der Waals surface area contributed by atoms with E-state index in [4.69, 9.17) is 16.7 Å². The number of benzene rings is 1. The number of hydrogen-bond donors (Lipinski definition) is 2. The van der Waals surface area contributed by atoms with Crippen molar-refractivity contribution in [2.75, 3.05) is 13.2 Å². The van der Waals surface area contributed by atoms with E-state index in [9.17, 15) is 12.8 Å². The highest BCUT2D eigenvalue weighted by atomic mass is 35.5. The molecule has 0 aliphatic heterocycles. The highest BCUT2D eigenvalue weighted by Gasteiger charge is 2.19. The molecule has 4 nitrogen and oxygen atoms in total. The maximum Gasteiger partial charge on any atom is 0.243 e. The van der Waals surface area contributed by atoms with Crippen molar-refractivity contribution >= 4 is 21.6 Å². The minimum atomic E-state index is -3.95. The summed E-state index contributed by atoms with van der Waals surface area (Å²) in [5, 5.41) is 8.19. The predicted octanol–water partition coefficient (Wildman–Crippen LogP) is 0.750. The third kappa shape index (κ3) is 2.88. The summed E-state index contributed by atoms with van der Waals surface area (Å²) in [7, 11) is -3.95. The van der Waals surface area contributed by atoms with Crippen LogP contribution in [0.4, 0.5) is 4.39 Å². The Hall–Kier alpha value is -0.690. The second kappa shape index (κ2) is 4.89. The first-order valence-corrected chi connectivity index (χ1v) is 5.89. The van der Waals surface area contributed by atoms with Crippen LogP contribution in [0.15, 0.2) is 23.1 Å². The second-order valence-corrected chi connectivity index (χ2v) is 4.82. The third-order valence-electron chi connectivity index (χ3n) is 1.61. The summed E-state index contributed by atoms with van der Waals surface area (Å²) >= 11 is 5.44. The Morgan fingerprint density at radius 3 is 2.73 bits per heavy atom. The number of nitrogens with one attached hydrogen (secondary N) is 1. The van der Waals surface area contributed by atoms with E-state index in [1.807, 2.05) is 4.72 Å². The smallest absolute Gasteiger partial charge is 0.243 e. The fraction of sp³-hybridized carbons (Fsp3) is 0.250. The van der Waals surface area contributed by atoms with Gasteiger partial charge >= 0.3 is 0 Å². The van der Waals surface area contributed by atoms with Crippen molar-refractivity contribution in [3.8, 4) is 0 Å². The van der Waals surface area contributed by atoms with Gasteiger partial charge < -0.3 is 5.11 Å². The van der Waals surface area contributed by atoms with Gasteiger partial charge in [0, 0.05) is 6.54 Å². The molecular formula is C8H9ClFNO3S. The quantitative estimate of drug-likeness (QED) is 0.832. The average molecular weight is 254 g/mol. The molecule has 0 saturated heterocycles. The molecular weight excluding hydrogens is 245 g/mol. The molecule has 0 aliphatic carbocycles. The molecule has 0 spiro atoms. The zero-order valence-corrected chi connectivity index (χ0v) is 9.15. The Morgan fingerprint density at radius 1 is 1.47 bits per heavy atom. The molecule has 0 fully saturated rings. The van der Waals surface area contributed by atoms with Crippen molar-refractivity contribution in [1.82, 2.24) is 4.72 Å². The maximum atomic E-state index is 13.3. The number of sulfonamides is 1. The standard InChI is InChI=1S/C8H9ClFNO3S/c9-6-2-1-3-7(8(6)10)15(13,14)11-4-5-12/h1-3,11-12H,4-5H2. The van der Waals surface area contributed by atoms with Crippen molar-refractivity contribution in [1.29, 1.82) is 0 Å². The molecule has 0 atom stereocenters. The van der Waals surface area contributed by atoms with E-state index in [-0.39, 0.29) is 18.2 Å². The molecule has 84 valence electrons. The van der Waals surface area contributed by atoms with Gasteiger partial charge in [-0.15, -0.1) is 0 Å². The molecule has 0 bridgehead atoms. The lowest BCUT2D eigenvalue weighted by Crippen LogP contribution is -2.27. The number of aliphatic hydroxyl groups excluding tert-OH is 1. The van der Waals surface area contributed by atoms with Crippen molar-refractivity contribution in [3.63, 3.8) is 0 Å². The fourth-order valence-corrected chi connectivity index (χ4v) is 2.30. The largest absolute Gasteiger partial charge is 0.395 e. The summed E-state index contributed by atoms with van der Waals surface area (Å²) in [6.07, 6.45) is 0. The van der Waals surface area contributed by atoms with Crippen LogP contribution >= 0.6 is 11.6 Å². The lowest BCUT2D eigenvalue weighted by molar-refractivity contribution is 0.301. The second-order valence-electron chi connectivity index (χ2n) is 2.67. The van der Waals surface area contributed by atoms with Crippen molar-refractivity contribution < 1.29 is 17.9 Å². The third-order valence-corrected chi connectivity index (χ3v) is 3.38. The average Bonchev–Trinajstić information content (AvgIpc) is 2.19. The summed E-state index contributed by atoms with van der Waals surface area (Å²) in [5.41, 5.74) is 0. The highest BCUT2D eigenvalue weighted by Crippen LogP contribution is 2.21. The van der Waals surface area contributed by atoms with Crippen LogP contribution in [-0.2, 0) is 10.0 Å². The van der Waals surface area contributed by atoms with E-state index < -0.39 is 20.7 Å². The van der Waals surface area contributed by atoms with E-state index in [0.717, 1.165) is 6.07 Å². The molecule has 7 heteroatoms. The summed E-state index contributed by atoms with van der Waals surface area (Å²) in [5.74, 6) is -0.996. The lowest BCUT2D eigenvalue weighted by atomic mass is 10.3. The Morgan fingerprint density at radius 2 is 2.13 bits per heavy atom. The van der Waals surface area contributed by atoms with Gasteiger partial charge in [-0.1, -0.05) is 17.7 Å². The molecule has 0 amide bonds. The first kappa shape index (κ1) is 12.4. The van der Waals surface area contributed by atoms with Gasteiger partial charge in [0.05, 0.1) is 11.6 Å². The molecule has 2 N–H and O–H groups in total. The predicted molar refractivity (Wildman–Crippen MR) is 53.7 cm³/mol. The van der Waals surface area contributed by atoms with Crippen LogP contribution in [0.3, 0.4) is 0 Å². The summed E-state index contributed by atoms with van der Waals surface area (Å²) in [6, 6.07) is 3.68. The van der Waals surface area contributed by atoms with Crippen LogP contribution in [-0.4, -0.2) is 26.7 Å². The van der Waals surface area contributed by atoms with Crippen LogP contribution in [0.25, 0.3) is 0 Å². The monoisotopic (exact) mass is 253 g/mol. The fourth-order valence-electron chi connectivity index (χ4n) is 0.949. The van der Waals surface area contributed by atoms with Gasteiger partial charge in [0.1, 0.15) is 4.90 Å². The van der Waals surface area contributed by atoms with E-state index >= 15 is 0 Å². The highest BCUT2D eigenvalue weighted by molar-refractivity contribution is 7.89. The lowest BCUT2D eigenvalue weighted by Gasteiger charge is -2.06. The van der Waals surface area contributed by atoms with Crippen LogP contribution in [0.1, 0.15) is 0 Å². The van der Waals surface area contributed by atoms with Gasteiger partial charge in [-0.2, -0.15) is 0 Å². The van der Waals surface area contributed by atoms with Crippen LogP contribution in [0, 0.1) is 5.82 Å². The van der Waals surface area contributed by atoms with Crippen LogP contribution < -0.4 is 4.72 Å². The van der Waals surface area contributed by atoms with Gasteiger partial charge in [0.2, 0.25) is 10.0 Å². The molecule has 1 aromatic rings. The Labute approximate surface area is 91.7 Å². The van der Waals surface area contributed by atoms with Gasteiger partial charge in [-0.05, 0) is 12.1 Å². The zero-order chi connectivity index (χ0) is 11.5. The normalized spacial score (nSPS) is 11.7. The molecule has 15 heavy (non-hydrogen) atoms. The molecule has 0 aromatic heterocycles. The first-order valence-electron chi connectivity index (χ1n) is 4.03. The van der Waals surface area contributed by atoms with E-state index in [0.29, 0.717) is 0 Å². The van der Waals surface area contributed by atoms with E-state index in [1.165, 1.54) is 12.1 Å². The number of halogens is 2. The molecule has 0 saturated carbocycles. The topological polar surface area (TPSA) is 66.4 Å². The Kier molecular flexibility index (Phi) is 4.04. The molecule has 0 heterocycles. The van der Waals surface area contributed by atoms with Crippen molar-refractivity contribution in [2.24, 2.45) is 0 Å². The first-order chi connectivity index (χ1) is 6.99. The maximum absolute atomic E-state index is 13.3.